The van der Waals surface area contributed by atoms with Gasteiger partial charge < -0.3 is 19.7 Å². The highest BCUT2D eigenvalue weighted by Crippen LogP contribution is 2.44. The number of aryl methyl sites for hydroxylation is 1. The molecule has 0 saturated carbocycles. The molecule has 1 aliphatic heterocycles. The van der Waals surface area contributed by atoms with Crippen LogP contribution in [0.5, 0.6) is 11.5 Å². The Morgan fingerprint density at radius 2 is 2.07 bits per heavy atom. The molecule has 1 aromatic carbocycles. The van der Waals surface area contributed by atoms with E-state index >= 15 is 0 Å². The molecule has 3 heterocycles. The predicted molar refractivity (Wildman–Crippen MR) is 117 cm³/mol. The number of phenolic OH excluding ortho intramolecular Hbond substituents is 1. The Kier molecular flexibility index (Phi) is 4.90. The van der Waals surface area contributed by atoms with Gasteiger partial charge in [-0.1, -0.05) is 26.8 Å². The number of nitrogens with zero attached hydrogens (tertiary/aromatic N) is 1. The number of aromatic hydroxyl groups is 1. The first-order valence-electron chi connectivity index (χ1n) is 9.74. The van der Waals surface area contributed by atoms with Crippen LogP contribution in [0.3, 0.4) is 0 Å². The number of fused-ring (bicyclic) bond motifs is 3. The van der Waals surface area contributed by atoms with Gasteiger partial charge in [0, 0.05) is 29.1 Å². The number of aromatic nitrogens is 1. The third kappa shape index (κ3) is 3.65. The summed E-state index contributed by atoms with van der Waals surface area (Å²) in [6.07, 6.45) is 0.775. The maximum Gasteiger partial charge on any atom is 0.267 e. The van der Waals surface area contributed by atoms with Crippen molar-refractivity contribution >= 4 is 17.2 Å². The Morgan fingerprint density at radius 3 is 2.72 bits per heavy atom. The maximum absolute atomic E-state index is 13.0. The van der Waals surface area contributed by atoms with Gasteiger partial charge >= 0.3 is 0 Å². The number of ether oxygens (including phenoxy) is 1. The molecule has 0 atom stereocenters. The van der Waals surface area contributed by atoms with Gasteiger partial charge in [-0.05, 0) is 47.0 Å². The number of thiophene rings is 1. The van der Waals surface area contributed by atoms with E-state index in [0.717, 1.165) is 33.7 Å². The molecule has 3 aromatic rings. The van der Waals surface area contributed by atoms with Gasteiger partial charge in [0.1, 0.15) is 5.69 Å². The van der Waals surface area contributed by atoms with Crippen molar-refractivity contribution in [3.8, 4) is 33.2 Å². The minimum absolute atomic E-state index is 0.0124. The van der Waals surface area contributed by atoms with Crippen molar-refractivity contribution in [1.82, 2.24) is 9.88 Å². The van der Waals surface area contributed by atoms with Crippen LogP contribution >= 0.6 is 11.3 Å². The number of carbonyl (C=O) groups excluding carboxylic acids is 1. The van der Waals surface area contributed by atoms with Crippen molar-refractivity contribution in [3.63, 3.8) is 0 Å². The van der Waals surface area contributed by atoms with Crippen LogP contribution in [0.25, 0.3) is 21.7 Å². The summed E-state index contributed by atoms with van der Waals surface area (Å²) in [4.78, 5) is 14.1. The number of nitrogens with one attached hydrogen (secondary N) is 1. The van der Waals surface area contributed by atoms with Gasteiger partial charge in [-0.2, -0.15) is 0 Å². The molecule has 5 nitrogen and oxygen atoms in total. The molecular formula is C23H26N2O3S. The van der Waals surface area contributed by atoms with Crippen LogP contribution in [0.2, 0.25) is 0 Å². The second-order valence-corrected chi connectivity index (χ2v) is 9.54. The van der Waals surface area contributed by atoms with Crippen molar-refractivity contribution in [3.05, 3.63) is 47.0 Å². The summed E-state index contributed by atoms with van der Waals surface area (Å²) in [6.45, 7) is 7.62. The summed E-state index contributed by atoms with van der Waals surface area (Å²) < 4.78 is 7.37. The fourth-order valence-electron chi connectivity index (χ4n) is 3.75. The molecule has 0 radical (unpaired) electrons. The molecule has 1 aliphatic rings. The molecule has 4 rings (SSSR count). The summed E-state index contributed by atoms with van der Waals surface area (Å²) in [5.41, 5.74) is 4.74. The number of benzene rings is 1. The van der Waals surface area contributed by atoms with Crippen LogP contribution in [-0.4, -0.2) is 29.2 Å². The van der Waals surface area contributed by atoms with E-state index in [4.69, 9.17) is 4.74 Å². The standard InChI is InChI=1S/C23H26N2O3S/c1-23(2,3)13-24-22(27)17-11-16(20-6-5-9-29-20)21-15-12-18(26)19(28-4)10-14(15)7-8-25(17)21/h5-6,9-12,26H,7-8,13H2,1-4H3,(H,24,27). The Bertz CT molecular complexity index is 1060. The summed E-state index contributed by atoms with van der Waals surface area (Å²) >= 11 is 1.65. The first-order valence-corrected chi connectivity index (χ1v) is 10.6. The lowest BCUT2D eigenvalue weighted by molar-refractivity contribution is 0.0930. The van der Waals surface area contributed by atoms with Crippen molar-refractivity contribution in [2.45, 2.75) is 33.7 Å². The monoisotopic (exact) mass is 410 g/mol. The van der Waals surface area contributed by atoms with Gasteiger partial charge in [-0.15, -0.1) is 11.3 Å². The molecule has 2 N–H and O–H groups in total. The van der Waals surface area contributed by atoms with E-state index in [9.17, 15) is 9.90 Å². The fraction of sp³-hybridized carbons (Fsp3) is 0.348. The third-order valence-electron chi connectivity index (χ3n) is 5.16. The molecule has 0 fully saturated rings. The average molecular weight is 411 g/mol. The number of methoxy groups -OCH3 is 1. The highest BCUT2D eigenvalue weighted by atomic mass is 32.1. The summed E-state index contributed by atoms with van der Waals surface area (Å²) in [5, 5.41) is 15.5. The molecule has 2 aromatic heterocycles. The largest absolute Gasteiger partial charge is 0.504 e. The summed E-state index contributed by atoms with van der Waals surface area (Å²) in [6, 6.07) is 9.72. The number of hydrogen-bond acceptors (Lipinski definition) is 4. The van der Waals surface area contributed by atoms with Gasteiger partial charge in [-0.25, -0.2) is 0 Å². The number of rotatable bonds is 4. The molecule has 0 bridgehead atoms. The van der Waals surface area contributed by atoms with E-state index in [0.29, 0.717) is 24.5 Å². The van der Waals surface area contributed by atoms with E-state index in [1.54, 1.807) is 24.5 Å². The van der Waals surface area contributed by atoms with Crippen molar-refractivity contribution in [2.75, 3.05) is 13.7 Å². The molecular weight excluding hydrogens is 384 g/mol. The summed E-state index contributed by atoms with van der Waals surface area (Å²) in [7, 11) is 1.56. The highest BCUT2D eigenvalue weighted by Gasteiger charge is 2.28. The predicted octanol–water partition coefficient (Wildman–Crippen LogP) is 4.93. The van der Waals surface area contributed by atoms with E-state index < -0.39 is 0 Å². The Labute approximate surface area is 175 Å². The van der Waals surface area contributed by atoms with E-state index in [-0.39, 0.29) is 17.1 Å². The minimum Gasteiger partial charge on any atom is -0.504 e. The first kappa shape index (κ1) is 19.6. The topological polar surface area (TPSA) is 63.5 Å². The average Bonchev–Trinajstić information content (AvgIpc) is 3.32. The molecule has 0 aliphatic carbocycles. The van der Waals surface area contributed by atoms with E-state index in [2.05, 4.69) is 36.7 Å². The van der Waals surface area contributed by atoms with Gasteiger partial charge in [0.15, 0.2) is 11.5 Å². The molecule has 0 spiro atoms. The Hall–Kier alpha value is -2.73. The van der Waals surface area contributed by atoms with Crippen LogP contribution in [0.1, 0.15) is 36.8 Å². The molecule has 0 saturated heterocycles. The van der Waals surface area contributed by atoms with Crippen molar-refractivity contribution in [2.24, 2.45) is 5.41 Å². The SMILES string of the molecule is COc1cc2c(cc1O)-c1c(-c3cccs3)cc(C(=O)NCC(C)(C)C)n1CC2. The van der Waals surface area contributed by atoms with Crippen LogP contribution in [-0.2, 0) is 13.0 Å². The molecule has 1 amide bonds. The zero-order valence-corrected chi connectivity index (χ0v) is 18.0. The van der Waals surface area contributed by atoms with Crippen molar-refractivity contribution < 1.29 is 14.6 Å². The van der Waals surface area contributed by atoms with Crippen LogP contribution in [0.15, 0.2) is 35.7 Å². The van der Waals surface area contributed by atoms with Crippen LogP contribution < -0.4 is 10.1 Å². The minimum atomic E-state index is -0.0647. The molecule has 152 valence electrons. The summed E-state index contributed by atoms with van der Waals surface area (Å²) in [5.74, 6) is 0.520. The van der Waals surface area contributed by atoms with Gasteiger partial charge in [0.05, 0.1) is 12.8 Å². The third-order valence-corrected chi connectivity index (χ3v) is 6.06. The lowest BCUT2D eigenvalue weighted by Gasteiger charge is -2.24. The first-order chi connectivity index (χ1) is 13.8. The Morgan fingerprint density at radius 1 is 1.28 bits per heavy atom. The number of carbonyl (C=O) groups is 1. The van der Waals surface area contributed by atoms with E-state index in [1.165, 1.54) is 0 Å². The molecule has 0 unspecified atom stereocenters. The normalized spacial score (nSPS) is 13.0. The van der Waals surface area contributed by atoms with Crippen molar-refractivity contribution in [1.29, 1.82) is 0 Å². The number of amides is 1. The molecule has 6 heteroatoms. The van der Waals surface area contributed by atoms with Gasteiger partial charge in [0.2, 0.25) is 0 Å². The fourth-order valence-corrected chi connectivity index (χ4v) is 4.49. The second kappa shape index (κ2) is 7.26. The van der Waals surface area contributed by atoms with Gasteiger partial charge in [0.25, 0.3) is 5.91 Å². The smallest absolute Gasteiger partial charge is 0.267 e. The van der Waals surface area contributed by atoms with Crippen LogP contribution in [0, 0.1) is 5.41 Å². The lowest BCUT2D eigenvalue weighted by Crippen LogP contribution is -2.33. The highest BCUT2D eigenvalue weighted by molar-refractivity contribution is 7.13. The zero-order chi connectivity index (χ0) is 20.8. The van der Waals surface area contributed by atoms with Gasteiger partial charge in [-0.3, -0.25) is 4.79 Å². The number of hydrogen-bond donors (Lipinski definition) is 2. The lowest BCUT2D eigenvalue weighted by atomic mass is 9.95. The molecule has 29 heavy (non-hydrogen) atoms. The second-order valence-electron chi connectivity index (χ2n) is 8.60. The number of phenols is 1. The Balaban J connectivity index is 1.85. The quantitative estimate of drug-likeness (QED) is 0.641. The van der Waals surface area contributed by atoms with Crippen LogP contribution in [0.4, 0.5) is 0 Å². The van der Waals surface area contributed by atoms with E-state index in [1.807, 2.05) is 23.6 Å². The maximum atomic E-state index is 13.0. The zero-order valence-electron chi connectivity index (χ0n) is 17.2.